The molecule has 22 heavy (non-hydrogen) atoms. The molecule has 0 amide bonds. The lowest BCUT2D eigenvalue weighted by Gasteiger charge is -2.37. The highest BCUT2D eigenvalue weighted by molar-refractivity contribution is 7.21. The number of hydrogen-bond acceptors (Lipinski definition) is 8. The molecule has 114 valence electrons. The fraction of sp³-hybridized carbons (Fsp3) is 0.500. The van der Waals surface area contributed by atoms with Crippen LogP contribution in [0.3, 0.4) is 0 Å². The van der Waals surface area contributed by atoms with Crippen molar-refractivity contribution in [1.29, 1.82) is 0 Å². The molecular formula is C14H16N6OS. The predicted octanol–water partition coefficient (Wildman–Crippen LogP) is 0.849. The summed E-state index contributed by atoms with van der Waals surface area (Å²) in [5.74, 6) is 0.475. The number of anilines is 1. The number of nitrogens with one attached hydrogen (secondary N) is 1. The Labute approximate surface area is 131 Å². The SMILES string of the molecule is NC1N2CC[C@H](C2)[C@]12CN=C(Nc1nc3cccnc3s1)O2. The molecule has 2 aromatic heterocycles. The second-order valence-electron chi connectivity index (χ2n) is 6.08. The largest absolute Gasteiger partial charge is 0.453 e. The molecule has 2 fully saturated rings. The zero-order valence-corrected chi connectivity index (χ0v) is 12.7. The van der Waals surface area contributed by atoms with Crippen molar-refractivity contribution in [2.24, 2.45) is 16.6 Å². The fourth-order valence-electron chi connectivity index (χ4n) is 3.78. The summed E-state index contributed by atoms with van der Waals surface area (Å²) in [7, 11) is 0. The Morgan fingerprint density at radius 2 is 2.45 bits per heavy atom. The minimum Gasteiger partial charge on any atom is -0.453 e. The van der Waals surface area contributed by atoms with E-state index < -0.39 is 0 Å². The third kappa shape index (κ3) is 1.65. The Balaban J connectivity index is 1.37. The van der Waals surface area contributed by atoms with E-state index >= 15 is 0 Å². The van der Waals surface area contributed by atoms with Gasteiger partial charge in [0.05, 0.1) is 6.54 Å². The predicted molar refractivity (Wildman–Crippen MR) is 84.8 cm³/mol. The molecule has 3 aliphatic heterocycles. The Bertz CT molecular complexity index is 739. The number of pyridine rings is 1. The van der Waals surface area contributed by atoms with E-state index in [0.717, 1.165) is 35.0 Å². The molecule has 3 N–H and O–H groups in total. The second kappa shape index (κ2) is 4.37. The molecule has 7 nitrogen and oxygen atoms in total. The summed E-state index contributed by atoms with van der Waals surface area (Å²) < 4.78 is 6.17. The fourth-order valence-corrected chi connectivity index (χ4v) is 4.57. The van der Waals surface area contributed by atoms with E-state index in [0.29, 0.717) is 18.5 Å². The topological polar surface area (TPSA) is 88.7 Å². The van der Waals surface area contributed by atoms with Crippen LogP contribution in [0.4, 0.5) is 5.13 Å². The second-order valence-corrected chi connectivity index (χ2v) is 7.05. The zero-order chi connectivity index (χ0) is 14.7. The van der Waals surface area contributed by atoms with Crippen LogP contribution < -0.4 is 11.1 Å². The van der Waals surface area contributed by atoms with Crippen LogP contribution in [0.2, 0.25) is 0 Å². The Morgan fingerprint density at radius 3 is 3.27 bits per heavy atom. The minimum absolute atomic E-state index is 0.0636. The molecule has 1 spiro atoms. The smallest absolute Gasteiger partial charge is 0.291 e. The molecular weight excluding hydrogens is 300 g/mol. The van der Waals surface area contributed by atoms with E-state index in [1.807, 2.05) is 12.1 Å². The maximum absolute atomic E-state index is 6.35. The van der Waals surface area contributed by atoms with Crippen LogP contribution in [0.1, 0.15) is 6.42 Å². The standard InChI is InChI=1S/C14H16N6OS/c15-11-14(8-3-5-20(11)6-8)7-17-12(21-14)19-13-18-9-2-1-4-16-10(9)22-13/h1-2,4,8,11H,3,5-7,15H2,(H,17,18,19)/t8-,11?,14-/m1/s1. The van der Waals surface area contributed by atoms with Crippen molar-refractivity contribution in [1.82, 2.24) is 14.9 Å². The van der Waals surface area contributed by atoms with Gasteiger partial charge < -0.3 is 10.5 Å². The first kappa shape index (κ1) is 12.7. The Morgan fingerprint density at radius 1 is 1.50 bits per heavy atom. The highest BCUT2D eigenvalue weighted by Gasteiger charge is 2.60. The van der Waals surface area contributed by atoms with E-state index in [4.69, 9.17) is 10.5 Å². The number of nitrogens with zero attached hydrogens (tertiary/aromatic N) is 4. The molecule has 0 aliphatic carbocycles. The summed E-state index contributed by atoms with van der Waals surface area (Å²) in [6, 6.07) is 4.36. The quantitative estimate of drug-likeness (QED) is 0.811. The first-order valence-electron chi connectivity index (χ1n) is 7.46. The number of aromatic nitrogens is 2. The van der Waals surface area contributed by atoms with Crippen molar-refractivity contribution in [3.05, 3.63) is 18.3 Å². The number of fused-ring (bicyclic) bond motifs is 4. The van der Waals surface area contributed by atoms with Crippen LogP contribution in [0, 0.1) is 5.92 Å². The number of nitrogens with two attached hydrogens (primary N) is 1. The van der Waals surface area contributed by atoms with Gasteiger partial charge in [0, 0.05) is 25.2 Å². The molecule has 8 heteroatoms. The number of aliphatic imine (C=N–C) groups is 1. The van der Waals surface area contributed by atoms with Crippen LogP contribution in [-0.4, -0.2) is 52.3 Å². The molecule has 0 saturated carbocycles. The third-order valence-corrected chi connectivity index (χ3v) is 5.84. The lowest BCUT2D eigenvalue weighted by Crippen LogP contribution is -2.58. The molecule has 0 aromatic carbocycles. The number of thiazole rings is 1. The van der Waals surface area contributed by atoms with Gasteiger partial charge in [0.15, 0.2) is 10.7 Å². The Hall–Kier alpha value is -1.77. The van der Waals surface area contributed by atoms with E-state index in [1.165, 1.54) is 11.3 Å². The summed E-state index contributed by atoms with van der Waals surface area (Å²) in [5.41, 5.74) is 6.88. The van der Waals surface area contributed by atoms with Crippen molar-refractivity contribution >= 4 is 32.8 Å². The molecule has 3 aliphatic rings. The first-order chi connectivity index (χ1) is 10.7. The van der Waals surface area contributed by atoms with Crippen molar-refractivity contribution < 1.29 is 4.74 Å². The maximum atomic E-state index is 6.35. The van der Waals surface area contributed by atoms with Crippen LogP contribution in [0.25, 0.3) is 10.3 Å². The highest BCUT2D eigenvalue weighted by atomic mass is 32.1. The minimum atomic E-state index is -0.352. The number of hydrogen-bond donors (Lipinski definition) is 2. The van der Waals surface area contributed by atoms with Crippen molar-refractivity contribution in [3.63, 3.8) is 0 Å². The van der Waals surface area contributed by atoms with E-state index in [1.54, 1.807) is 6.20 Å². The number of piperidine rings is 1. The molecule has 5 heterocycles. The van der Waals surface area contributed by atoms with Crippen molar-refractivity contribution in [2.45, 2.75) is 18.2 Å². The van der Waals surface area contributed by atoms with Crippen LogP contribution >= 0.6 is 11.3 Å². The number of rotatable bonds is 1. The van der Waals surface area contributed by atoms with Gasteiger partial charge in [0.1, 0.15) is 16.5 Å². The third-order valence-electron chi connectivity index (χ3n) is 4.94. The molecule has 0 radical (unpaired) electrons. The summed E-state index contributed by atoms with van der Waals surface area (Å²) in [4.78, 5) is 16.5. The maximum Gasteiger partial charge on any atom is 0.291 e. The summed E-state index contributed by atoms with van der Waals surface area (Å²) in [5, 5.41) is 3.93. The van der Waals surface area contributed by atoms with E-state index in [2.05, 4.69) is 25.2 Å². The van der Waals surface area contributed by atoms with Gasteiger partial charge in [-0.15, -0.1) is 0 Å². The molecule has 4 atom stereocenters. The van der Waals surface area contributed by atoms with Crippen molar-refractivity contribution in [2.75, 3.05) is 25.0 Å². The van der Waals surface area contributed by atoms with E-state index in [-0.39, 0.29) is 11.8 Å². The van der Waals surface area contributed by atoms with Crippen LogP contribution in [-0.2, 0) is 4.74 Å². The molecule has 2 saturated heterocycles. The number of amidine groups is 1. The van der Waals surface area contributed by atoms with Gasteiger partial charge in [-0.05, 0) is 18.6 Å². The number of ether oxygens (including phenoxy) is 1. The monoisotopic (exact) mass is 316 g/mol. The van der Waals surface area contributed by atoms with Crippen LogP contribution in [0.15, 0.2) is 23.3 Å². The molecule has 2 aromatic rings. The van der Waals surface area contributed by atoms with Gasteiger partial charge in [0.2, 0.25) is 0 Å². The van der Waals surface area contributed by atoms with E-state index in [9.17, 15) is 0 Å². The lowest BCUT2D eigenvalue weighted by molar-refractivity contribution is -0.00680. The zero-order valence-electron chi connectivity index (χ0n) is 11.9. The summed E-state index contributed by atoms with van der Waals surface area (Å²) in [6.45, 7) is 2.72. The molecule has 5 rings (SSSR count). The van der Waals surface area contributed by atoms with Gasteiger partial charge in [-0.25, -0.2) is 15.0 Å². The van der Waals surface area contributed by atoms with Crippen LogP contribution in [0.5, 0.6) is 0 Å². The summed E-state index contributed by atoms with van der Waals surface area (Å²) in [6.07, 6.45) is 2.85. The first-order valence-corrected chi connectivity index (χ1v) is 8.28. The lowest BCUT2D eigenvalue weighted by atomic mass is 9.85. The van der Waals surface area contributed by atoms with Gasteiger partial charge in [-0.1, -0.05) is 11.3 Å². The average molecular weight is 316 g/mol. The molecule has 2 unspecified atom stereocenters. The van der Waals surface area contributed by atoms with Gasteiger partial charge in [-0.3, -0.25) is 10.2 Å². The Kier molecular flexibility index (Phi) is 2.53. The normalized spacial score (nSPS) is 36.0. The summed E-state index contributed by atoms with van der Waals surface area (Å²) >= 11 is 1.50. The highest BCUT2D eigenvalue weighted by Crippen LogP contribution is 2.44. The van der Waals surface area contributed by atoms with Gasteiger partial charge in [-0.2, -0.15) is 0 Å². The van der Waals surface area contributed by atoms with Gasteiger partial charge in [0.25, 0.3) is 6.02 Å². The van der Waals surface area contributed by atoms with Crippen molar-refractivity contribution in [3.8, 4) is 0 Å². The average Bonchev–Trinajstić information content (AvgIpc) is 3.27. The van der Waals surface area contributed by atoms with Gasteiger partial charge >= 0.3 is 0 Å². The molecule has 2 bridgehead atoms.